The second-order valence-electron chi connectivity index (χ2n) is 7.87. The number of pyridine rings is 1. The van der Waals surface area contributed by atoms with Crippen LogP contribution >= 0.6 is 0 Å². The Kier molecular flexibility index (Phi) is 4.83. The van der Waals surface area contributed by atoms with Crippen LogP contribution < -0.4 is 5.32 Å². The van der Waals surface area contributed by atoms with Crippen molar-refractivity contribution in [1.82, 2.24) is 4.98 Å². The highest BCUT2D eigenvalue weighted by Gasteiger charge is 2.54. The summed E-state index contributed by atoms with van der Waals surface area (Å²) < 4.78 is 11.1. The molecular formula is C20H26N2O4. The molecule has 5 unspecified atom stereocenters. The van der Waals surface area contributed by atoms with E-state index in [1.807, 2.05) is 13.0 Å². The van der Waals surface area contributed by atoms with Crippen LogP contribution in [0.2, 0.25) is 0 Å². The summed E-state index contributed by atoms with van der Waals surface area (Å²) in [6, 6.07) is 5.32. The first kappa shape index (κ1) is 17.3. The van der Waals surface area contributed by atoms with Crippen LogP contribution in [0.1, 0.15) is 39.0 Å². The number of esters is 1. The molecule has 1 saturated heterocycles. The Balaban J connectivity index is 1.45. The number of carbonyl (C=O) groups is 2. The molecule has 3 fully saturated rings. The average Bonchev–Trinajstić information content (AvgIpc) is 2.93. The second kappa shape index (κ2) is 7.25. The Morgan fingerprint density at radius 3 is 3.00 bits per heavy atom. The first-order valence-electron chi connectivity index (χ1n) is 9.69. The van der Waals surface area contributed by atoms with Gasteiger partial charge in [-0.05, 0) is 43.7 Å². The second-order valence-corrected chi connectivity index (χ2v) is 7.87. The summed E-state index contributed by atoms with van der Waals surface area (Å²) in [5.41, 5.74) is 0. The highest BCUT2D eigenvalue weighted by atomic mass is 16.6. The number of amides is 1. The molecule has 0 bridgehead atoms. The molecule has 140 valence electrons. The van der Waals surface area contributed by atoms with Crippen molar-refractivity contribution in [3.63, 3.8) is 0 Å². The van der Waals surface area contributed by atoms with E-state index in [0.29, 0.717) is 24.3 Å². The fraction of sp³-hybridized carbons (Fsp3) is 0.650. The minimum atomic E-state index is -0.490. The number of aromatic nitrogens is 1. The van der Waals surface area contributed by atoms with Gasteiger partial charge in [-0.25, -0.2) is 9.78 Å². The van der Waals surface area contributed by atoms with Gasteiger partial charge in [0.15, 0.2) is 0 Å². The predicted octanol–water partition coefficient (Wildman–Crippen LogP) is 3.63. The zero-order chi connectivity index (χ0) is 18.1. The van der Waals surface area contributed by atoms with E-state index in [9.17, 15) is 9.59 Å². The number of hydrogen-bond donors (Lipinski definition) is 1. The predicted molar refractivity (Wildman–Crippen MR) is 95.3 cm³/mol. The Hall–Kier alpha value is -2.11. The van der Waals surface area contributed by atoms with Crippen LogP contribution in [-0.4, -0.2) is 29.8 Å². The quantitative estimate of drug-likeness (QED) is 0.835. The van der Waals surface area contributed by atoms with Crippen molar-refractivity contribution in [2.45, 2.75) is 45.1 Å². The summed E-state index contributed by atoms with van der Waals surface area (Å²) >= 11 is 0. The normalized spacial score (nSPS) is 35.8. The molecule has 2 heterocycles. The van der Waals surface area contributed by atoms with E-state index in [1.165, 1.54) is 19.3 Å². The van der Waals surface area contributed by atoms with E-state index in [1.54, 1.807) is 18.3 Å². The van der Waals surface area contributed by atoms with E-state index in [0.717, 1.165) is 12.8 Å². The molecule has 1 amide bonds. The van der Waals surface area contributed by atoms with Gasteiger partial charge in [0.05, 0.1) is 12.5 Å². The number of ether oxygens (including phenoxy) is 2. The third kappa shape index (κ3) is 3.29. The smallest absolute Gasteiger partial charge is 0.412 e. The lowest BCUT2D eigenvalue weighted by molar-refractivity contribution is -0.144. The summed E-state index contributed by atoms with van der Waals surface area (Å²) in [5.74, 6) is 1.80. The van der Waals surface area contributed by atoms with Gasteiger partial charge < -0.3 is 9.47 Å². The standard InChI is InChI=1S/C20H26N2O4/c1-12-18-15(19(23)26-12)10-13-6-2-3-7-14(13)16(18)11-25-20(24)22-17-8-4-5-9-21-17/h4-5,8-9,12-16,18H,2-3,6-7,10-11H2,1H3,(H,21,22,24)/t12?,13?,14?,15?,16-,18?/m1/s1. The number of nitrogens with zero attached hydrogens (tertiary/aromatic N) is 1. The van der Waals surface area contributed by atoms with Crippen molar-refractivity contribution >= 4 is 17.9 Å². The minimum Gasteiger partial charge on any atom is -0.462 e. The van der Waals surface area contributed by atoms with Crippen LogP contribution in [0.4, 0.5) is 10.6 Å². The first-order chi connectivity index (χ1) is 12.6. The van der Waals surface area contributed by atoms with Gasteiger partial charge in [0.1, 0.15) is 11.9 Å². The van der Waals surface area contributed by atoms with Crippen LogP contribution in [0.25, 0.3) is 0 Å². The van der Waals surface area contributed by atoms with Crippen molar-refractivity contribution in [3.05, 3.63) is 24.4 Å². The van der Waals surface area contributed by atoms with Gasteiger partial charge in [-0.15, -0.1) is 0 Å². The van der Waals surface area contributed by atoms with E-state index in [4.69, 9.17) is 9.47 Å². The molecule has 1 aromatic rings. The summed E-state index contributed by atoms with van der Waals surface area (Å²) in [5, 5.41) is 2.66. The Bertz CT molecular complexity index is 665. The number of nitrogens with one attached hydrogen (secondary N) is 1. The monoisotopic (exact) mass is 358 g/mol. The maximum atomic E-state index is 12.3. The van der Waals surface area contributed by atoms with Gasteiger partial charge in [-0.1, -0.05) is 25.3 Å². The number of cyclic esters (lactones) is 1. The molecule has 1 aliphatic heterocycles. The van der Waals surface area contributed by atoms with Gasteiger partial charge in [-0.3, -0.25) is 10.1 Å². The van der Waals surface area contributed by atoms with Gasteiger partial charge >= 0.3 is 12.1 Å². The zero-order valence-electron chi connectivity index (χ0n) is 15.1. The fourth-order valence-electron chi connectivity index (χ4n) is 5.42. The molecule has 2 aliphatic carbocycles. The molecule has 2 saturated carbocycles. The van der Waals surface area contributed by atoms with Crippen molar-refractivity contribution < 1.29 is 19.1 Å². The molecule has 3 aliphatic rings. The molecule has 26 heavy (non-hydrogen) atoms. The van der Waals surface area contributed by atoms with Crippen LogP contribution in [0.15, 0.2) is 24.4 Å². The molecule has 4 rings (SSSR count). The third-order valence-electron chi connectivity index (χ3n) is 6.48. The number of rotatable bonds is 3. The summed E-state index contributed by atoms with van der Waals surface area (Å²) in [6.07, 6.45) is 6.76. The van der Waals surface area contributed by atoms with Crippen LogP contribution in [0.3, 0.4) is 0 Å². The van der Waals surface area contributed by atoms with E-state index < -0.39 is 6.09 Å². The third-order valence-corrected chi connectivity index (χ3v) is 6.48. The maximum absolute atomic E-state index is 12.3. The Morgan fingerprint density at radius 1 is 1.35 bits per heavy atom. The van der Waals surface area contributed by atoms with E-state index >= 15 is 0 Å². The van der Waals surface area contributed by atoms with Gasteiger partial charge in [0.2, 0.25) is 0 Å². The van der Waals surface area contributed by atoms with Crippen LogP contribution in [0, 0.1) is 29.6 Å². The summed E-state index contributed by atoms with van der Waals surface area (Å²) in [4.78, 5) is 28.5. The van der Waals surface area contributed by atoms with Crippen LogP contribution in [0.5, 0.6) is 0 Å². The lowest BCUT2D eigenvalue weighted by Crippen LogP contribution is -2.45. The molecule has 0 spiro atoms. The highest BCUT2D eigenvalue weighted by molar-refractivity contribution is 5.83. The maximum Gasteiger partial charge on any atom is 0.412 e. The topological polar surface area (TPSA) is 77.5 Å². The molecule has 0 radical (unpaired) electrons. The largest absolute Gasteiger partial charge is 0.462 e. The lowest BCUT2D eigenvalue weighted by atomic mass is 9.58. The van der Waals surface area contributed by atoms with Crippen LogP contribution in [-0.2, 0) is 14.3 Å². The molecule has 1 aromatic heterocycles. The van der Waals surface area contributed by atoms with E-state index in [-0.39, 0.29) is 29.8 Å². The Morgan fingerprint density at radius 2 is 2.19 bits per heavy atom. The molecule has 6 nitrogen and oxygen atoms in total. The molecule has 6 atom stereocenters. The molecule has 1 N–H and O–H groups in total. The molecular weight excluding hydrogens is 332 g/mol. The van der Waals surface area contributed by atoms with E-state index in [2.05, 4.69) is 10.3 Å². The Labute approximate surface area is 153 Å². The number of carbonyl (C=O) groups excluding carboxylic acids is 2. The van der Waals surface area contributed by atoms with Gasteiger partial charge in [0, 0.05) is 18.0 Å². The SMILES string of the molecule is CC1OC(=O)C2CC3CCCCC3[C@@H](COC(=O)Nc3ccccn3)C12. The summed E-state index contributed by atoms with van der Waals surface area (Å²) in [7, 11) is 0. The number of hydrogen-bond acceptors (Lipinski definition) is 5. The number of anilines is 1. The fourth-order valence-corrected chi connectivity index (χ4v) is 5.42. The summed E-state index contributed by atoms with van der Waals surface area (Å²) in [6.45, 7) is 2.31. The molecule has 6 heteroatoms. The van der Waals surface area contributed by atoms with Crippen molar-refractivity contribution in [3.8, 4) is 0 Å². The van der Waals surface area contributed by atoms with Gasteiger partial charge in [-0.2, -0.15) is 0 Å². The van der Waals surface area contributed by atoms with Gasteiger partial charge in [0.25, 0.3) is 0 Å². The zero-order valence-corrected chi connectivity index (χ0v) is 15.1. The first-order valence-corrected chi connectivity index (χ1v) is 9.69. The van der Waals surface area contributed by atoms with Crippen molar-refractivity contribution in [2.24, 2.45) is 29.6 Å². The van der Waals surface area contributed by atoms with Crippen molar-refractivity contribution in [2.75, 3.05) is 11.9 Å². The van der Waals surface area contributed by atoms with Crippen molar-refractivity contribution in [1.29, 1.82) is 0 Å². The number of fused-ring (bicyclic) bond motifs is 2. The highest BCUT2D eigenvalue weighted by Crippen LogP contribution is 2.53. The minimum absolute atomic E-state index is 0.0307. The molecule has 0 aromatic carbocycles. The lowest BCUT2D eigenvalue weighted by Gasteiger charge is -2.46. The average molecular weight is 358 g/mol.